The maximum atomic E-state index is 12.2. The lowest BCUT2D eigenvalue weighted by atomic mass is 9.47. The second kappa shape index (κ2) is 12.5. The highest BCUT2D eigenvalue weighted by Gasteiger charge is 2.60. The molecule has 0 spiro atoms. The average molecular weight is 644 g/mol. The summed E-state index contributed by atoms with van der Waals surface area (Å²) < 4.78 is 5.86. The van der Waals surface area contributed by atoms with E-state index in [9.17, 15) is 14.4 Å². The van der Waals surface area contributed by atoms with Crippen LogP contribution in [0.4, 0.5) is 0 Å². The number of nitrogens with two attached hydrogens (primary N) is 1. The van der Waals surface area contributed by atoms with Crippen LogP contribution in [-0.2, 0) is 31.0 Å². The van der Waals surface area contributed by atoms with Gasteiger partial charge in [0.05, 0.1) is 0 Å². The van der Waals surface area contributed by atoms with Gasteiger partial charge in [-0.25, -0.2) is 0 Å². The second-order valence-electron chi connectivity index (χ2n) is 17.6. The van der Waals surface area contributed by atoms with E-state index in [1.165, 1.54) is 47.9 Å². The number of benzene rings is 1. The number of ketones is 1. The number of rotatable bonds is 4. The van der Waals surface area contributed by atoms with E-state index in [4.69, 9.17) is 10.5 Å². The maximum absolute atomic E-state index is 12.2. The van der Waals surface area contributed by atoms with Gasteiger partial charge in [-0.15, -0.1) is 0 Å². The fourth-order valence-electron chi connectivity index (χ4n) is 12.1. The third kappa shape index (κ3) is 5.64. The van der Waals surface area contributed by atoms with Gasteiger partial charge in [-0.05, 0) is 134 Å². The summed E-state index contributed by atoms with van der Waals surface area (Å²) in [7, 11) is 0. The number of allylic oxidation sites excluding steroid dienone is 1. The van der Waals surface area contributed by atoms with E-state index in [0.29, 0.717) is 35.9 Å². The summed E-state index contributed by atoms with van der Waals surface area (Å²) in [5.74, 6) is 3.25. The number of amides is 1. The van der Waals surface area contributed by atoms with E-state index >= 15 is 0 Å². The van der Waals surface area contributed by atoms with Crippen LogP contribution in [0, 0.1) is 39.9 Å². The number of hydrogen-bond acceptors (Lipinski definition) is 4. The molecule has 258 valence electrons. The summed E-state index contributed by atoms with van der Waals surface area (Å²) in [6.45, 7) is 15.7. The molecular formula is C42H61NO4. The van der Waals surface area contributed by atoms with Crippen LogP contribution < -0.4 is 5.73 Å². The van der Waals surface area contributed by atoms with Gasteiger partial charge in [0.25, 0.3) is 0 Å². The zero-order valence-corrected chi connectivity index (χ0v) is 30.4. The fraction of sp³-hybridized carbons (Fsp3) is 0.738. The largest absolute Gasteiger partial charge is 0.462 e. The molecule has 9 unspecified atom stereocenters. The van der Waals surface area contributed by atoms with Crippen molar-refractivity contribution in [3.63, 3.8) is 0 Å². The molecule has 5 heteroatoms. The Hall–Kier alpha value is -2.43. The summed E-state index contributed by atoms with van der Waals surface area (Å²) in [4.78, 5) is 35.9. The molecule has 0 bridgehead atoms. The number of ether oxygens (including phenoxy) is 1. The molecule has 0 radical (unpaired) electrons. The Labute approximate surface area is 284 Å². The van der Waals surface area contributed by atoms with Crippen molar-refractivity contribution in [1.82, 2.24) is 0 Å². The standard InChI is InChI=1S/C22H32O3.C20H29NO/c1-4-20(24)25-19-8-7-17-16-6-5-14-13-15(23)9-11-21(14,2)18(16)10-12-22(17,19)3;1-13(2)14-6-8-16-15(12-14)7-9-17-19(16,3)10-5-11-20(17,4)18(21)22/h13,16-19H,4-12H2,1-3H3;6,8,12-13,17H,5,7,9-11H2,1-4H3,(H2,21,22). The van der Waals surface area contributed by atoms with Crippen LogP contribution in [0.15, 0.2) is 29.8 Å². The number of primary amides is 1. The number of aryl methyl sites for hydroxylation is 1. The Bertz CT molecular complexity index is 1440. The van der Waals surface area contributed by atoms with Crippen molar-refractivity contribution in [2.75, 3.05) is 0 Å². The predicted molar refractivity (Wildman–Crippen MR) is 188 cm³/mol. The van der Waals surface area contributed by atoms with Crippen molar-refractivity contribution < 1.29 is 19.1 Å². The molecule has 1 aromatic rings. The first-order valence-corrected chi connectivity index (χ1v) is 19.0. The highest BCUT2D eigenvalue weighted by Crippen LogP contribution is 2.65. The van der Waals surface area contributed by atoms with Gasteiger partial charge < -0.3 is 10.5 Å². The molecular weight excluding hydrogens is 582 g/mol. The van der Waals surface area contributed by atoms with Gasteiger partial charge in [0.1, 0.15) is 6.10 Å². The van der Waals surface area contributed by atoms with Crippen LogP contribution in [0.1, 0.15) is 155 Å². The van der Waals surface area contributed by atoms with E-state index in [1.54, 1.807) is 0 Å². The summed E-state index contributed by atoms with van der Waals surface area (Å²) in [5.41, 5.74) is 11.8. The molecule has 0 aromatic heterocycles. The number of esters is 1. The molecule has 5 nitrogen and oxygen atoms in total. The zero-order chi connectivity index (χ0) is 33.9. The first-order chi connectivity index (χ1) is 22.2. The van der Waals surface area contributed by atoms with E-state index in [0.717, 1.165) is 63.7 Å². The highest BCUT2D eigenvalue weighted by molar-refractivity contribution is 5.91. The van der Waals surface area contributed by atoms with Crippen LogP contribution >= 0.6 is 0 Å². The average Bonchev–Trinajstić information content (AvgIpc) is 3.36. The van der Waals surface area contributed by atoms with Gasteiger partial charge in [-0.2, -0.15) is 0 Å². The van der Waals surface area contributed by atoms with Crippen LogP contribution in [0.25, 0.3) is 0 Å². The summed E-state index contributed by atoms with van der Waals surface area (Å²) in [5, 5.41) is 0. The Morgan fingerprint density at radius 1 is 0.894 bits per heavy atom. The zero-order valence-electron chi connectivity index (χ0n) is 30.4. The molecule has 4 saturated carbocycles. The molecule has 1 aromatic carbocycles. The number of fused-ring (bicyclic) bond motifs is 8. The molecule has 0 saturated heterocycles. The molecule has 2 N–H and O–H groups in total. The van der Waals surface area contributed by atoms with Crippen LogP contribution in [-0.4, -0.2) is 23.8 Å². The second-order valence-corrected chi connectivity index (χ2v) is 17.6. The lowest BCUT2D eigenvalue weighted by molar-refractivity contribution is -0.159. The van der Waals surface area contributed by atoms with Crippen LogP contribution in [0.3, 0.4) is 0 Å². The van der Waals surface area contributed by atoms with Crippen LogP contribution in [0.5, 0.6) is 0 Å². The smallest absolute Gasteiger partial charge is 0.305 e. The molecule has 1 amide bonds. The van der Waals surface area contributed by atoms with E-state index in [1.807, 2.05) is 13.0 Å². The molecule has 0 aliphatic heterocycles. The molecule has 4 fully saturated rings. The van der Waals surface area contributed by atoms with Gasteiger partial charge in [-0.3, -0.25) is 14.4 Å². The normalized spacial score (nSPS) is 40.4. The number of carbonyl (C=O) groups excluding carboxylic acids is 3. The SMILES string of the molecule is CC(C)c1ccc2c(c1)CCC1C(C)(C(N)=O)CCCC21C.CCC(=O)OC1CCC2C3CCC4=CC(=O)CCC4(C)C3CCC12C. The fourth-order valence-corrected chi connectivity index (χ4v) is 12.1. The summed E-state index contributed by atoms with van der Waals surface area (Å²) in [6.07, 6.45) is 16.7. The molecule has 0 heterocycles. The molecule has 6 aliphatic carbocycles. The summed E-state index contributed by atoms with van der Waals surface area (Å²) >= 11 is 0. The van der Waals surface area contributed by atoms with Crippen molar-refractivity contribution in [2.45, 2.75) is 156 Å². The molecule has 6 aliphatic rings. The van der Waals surface area contributed by atoms with Gasteiger partial charge in [0.15, 0.2) is 5.78 Å². The first kappa shape index (κ1) is 34.4. The maximum Gasteiger partial charge on any atom is 0.305 e. The highest BCUT2D eigenvalue weighted by atomic mass is 16.5. The first-order valence-electron chi connectivity index (χ1n) is 19.0. The lowest BCUT2D eigenvalue weighted by Crippen LogP contribution is -2.54. The van der Waals surface area contributed by atoms with Gasteiger partial charge >= 0.3 is 5.97 Å². The molecule has 7 rings (SSSR count). The van der Waals surface area contributed by atoms with Crippen molar-refractivity contribution in [3.8, 4) is 0 Å². The quantitative estimate of drug-likeness (QED) is 0.332. The lowest BCUT2D eigenvalue weighted by Gasteiger charge is -2.57. The minimum absolute atomic E-state index is 0.0411. The monoisotopic (exact) mass is 643 g/mol. The van der Waals surface area contributed by atoms with Crippen molar-refractivity contribution in [1.29, 1.82) is 0 Å². The molecule has 9 atom stereocenters. The van der Waals surface area contributed by atoms with Gasteiger partial charge in [0, 0.05) is 23.7 Å². The third-order valence-corrected chi connectivity index (χ3v) is 15.0. The number of hydrogen-bond donors (Lipinski definition) is 1. The van der Waals surface area contributed by atoms with Crippen molar-refractivity contribution >= 4 is 17.7 Å². The third-order valence-electron chi connectivity index (χ3n) is 15.0. The molecule has 47 heavy (non-hydrogen) atoms. The van der Waals surface area contributed by atoms with Gasteiger partial charge in [-0.1, -0.05) is 78.7 Å². The van der Waals surface area contributed by atoms with E-state index in [-0.39, 0.29) is 39.6 Å². The van der Waals surface area contributed by atoms with E-state index < -0.39 is 0 Å². The topological polar surface area (TPSA) is 86.5 Å². The van der Waals surface area contributed by atoms with Crippen LogP contribution in [0.2, 0.25) is 0 Å². The van der Waals surface area contributed by atoms with Crippen molar-refractivity contribution in [3.05, 3.63) is 46.5 Å². The Morgan fingerprint density at radius 3 is 2.36 bits per heavy atom. The van der Waals surface area contributed by atoms with Crippen molar-refractivity contribution in [2.24, 2.45) is 45.7 Å². The Kier molecular flexibility index (Phi) is 9.14. The Morgan fingerprint density at radius 2 is 1.66 bits per heavy atom. The minimum atomic E-state index is -0.346. The summed E-state index contributed by atoms with van der Waals surface area (Å²) in [6, 6.07) is 7.02. The minimum Gasteiger partial charge on any atom is -0.462 e. The predicted octanol–water partition coefficient (Wildman–Crippen LogP) is 9.15. The number of carbonyl (C=O) groups is 3. The van der Waals surface area contributed by atoms with Gasteiger partial charge in [0.2, 0.25) is 5.91 Å². The van der Waals surface area contributed by atoms with E-state index in [2.05, 4.69) is 59.7 Å². The Balaban J connectivity index is 0.000000166.